The van der Waals surface area contributed by atoms with Gasteiger partial charge in [0.25, 0.3) is 0 Å². The molecular formula is C10H11NO. The fraction of sp³-hybridized carbons (Fsp3) is 0.200. The van der Waals surface area contributed by atoms with Crippen molar-refractivity contribution in [2.45, 2.75) is 13.8 Å². The third-order valence-electron chi connectivity index (χ3n) is 1.62. The smallest absolute Gasteiger partial charge is 0.187 e. The maximum Gasteiger partial charge on any atom is 0.187 e. The molecule has 0 saturated carbocycles. The van der Waals surface area contributed by atoms with Gasteiger partial charge < -0.3 is 0 Å². The van der Waals surface area contributed by atoms with Crippen LogP contribution in [0.2, 0.25) is 0 Å². The van der Waals surface area contributed by atoms with Gasteiger partial charge in [-0.05, 0) is 31.6 Å². The van der Waals surface area contributed by atoms with Gasteiger partial charge in [0.2, 0.25) is 0 Å². The van der Waals surface area contributed by atoms with Crippen LogP contribution in [0.5, 0.6) is 0 Å². The molecule has 0 aliphatic heterocycles. The van der Waals surface area contributed by atoms with Gasteiger partial charge in [-0.25, -0.2) is 0 Å². The Balaban J connectivity index is 3.03. The first-order chi connectivity index (χ1) is 5.75. The fourth-order valence-corrected chi connectivity index (χ4v) is 0.963. The number of nitrogens with zero attached hydrogens (tertiary/aromatic N) is 1. The predicted molar refractivity (Wildman–Crippen MR) is 48.1 cm³/mol. The maximum absolute atomic E-state index is 11.3. The number of ketones is 1. The number of carbonyl (C=O) groups is 1. The average molecular weight is 161 g/mol. The van der Waals surface area contributed by atoms with Gasteiger partial charge in [-0.2, -0.15) is 0 Å². The molecule has 0 bridgehead atoms. The molecule has 0 atom stereocenters. The molecule has 0 saturated heterocycles. The van der Waals surface area contributed by atoms with Gasteiger partial charge in [0.15, 0.2) is 5.78 Å². The third-order valence-corrected chi connectivity index (χ3v) is 1.62. The Morgan fingerprint density at radius 3 is 2.92 bits per heavy atom. The van der Waals surface area contributed by atoms with Crippen molar-refractivity contribution in [2.75, 3.05) is 0 Å². The van der Waals surface area contributed by atoms with Crippen LogP contribution >= 0.6 is 0 Å². The van der Waals surface area contributed by atoms with E-state index in [0.29, 0.717) is 5.56 Å². The summed E-state index contributed by atoms with van der Waals surface area (Å²) in [6.07, 6.45) is 6.55. The van der Waals surface area contributed by atoms with Crippen molar-refractivity contribution in [3.05, 3.63) is 41.7 Å². The van der Waals surface area contributed by atoms with Crippen LogP contribution < -0.4 is 0 Å². The highest BCUT2D eigenvalue weighted by Gasteiger charge is 2.03. The second-order valence-corrected chi connectivity index (χ2v) is 2.55. The van der Waals surface area contributed by atoms with Gasteiger partial charge in [0.1, 0.15) is 0 Å². The molecule has 1 aromatic heterocycles. The topological polar surface area (TPSA) is 30.0 Å². The lowest BCUT2D eigenvalue weighted by molar-refractivity contribution is 0.104. The number of carbonyl (C=O) groups excluding carboxylic acids is 1. The Kier molecular flexibility index (Phi) is 2.75. The fourth-order valence-electron chi connectivity index (χ4n) is 0.963. The lowest BCUT2D eigenvalue weighted by Gasteiger charge is -1.98. The first-order valence-corrected chi connectivity index (χ1v) is 3.83. The summed E-state index contributed by atoms with van der Waals surface area (Å²) in [5.74, 6) is 0.0168. The zero-order valence-corrected chi connectivity index (χ0v) is 7.24. The summed E-state index contributed by atoms with van der Waals surface area (Å²) < 4.78 is 0. The number of hydrogen-bond acceptors (Lipinski definition) is 2. The minimum absolute atomic E-state index is 0.0168. The van der Waals surface area contributed by atoms with Crippen LogP contribution in [-0.4, -0.2) is 10.8 Å². The molecule has 2 heteroatoms. The van der Waals surface area contributed by atoms with Crippen molar-refractivity contribution >= 4 is 5.78 Å². The number of hydrogen-bond donors (Lipinski definition) is 0. The van der Waals surface area contributed by atoms with Crippen molar-refractivity contribution in [2.24, 2.45) is 0 Å². The van der Waals surface area contributed by atoms with E-state index in [2.05, 4.69) is 4.98 Å². The molecule has 0 aliphatic carbocycles. The van der Waals surface area contributed by atoms with Crippen molar-refractivity contribution in [1.82, 2.24) is 4.98 Å². The summed E-state index contributed by atoms with van der Waals surface area (Å²) in [5.41, 5.74) is 1.64. The van der Waals surface area contributed by atoms with Crippen LogP contribution in [0.3, 0.4) is 0 Å². The highest BCUT2D eigenvalue weighted by molar-refractivity contribution is 6.05. The van der Waals surface area contributed by atoms with Gasteiger partial charge in [0, 0.05) is 18.0 Å². The lowest BCUT2D eigenvalue weighted by atomic mass is 10.1. The van der Waals surface area contributed by atoms with Crippen LogP contribution in [0, 0.1) is 6.92 Å². The quantitative estimate of drug-likeness (QED) is 0.491. The molecule has 1 rings (SSSR count). The van der Waals surface area contributed by atoms with Crippen molar-refractivity contribution in [3.8, 4) is 0 Å². The van der Waals surface area contributed by atoms with E-state index in [1.54, 1.807) is 24.5 Å². The van der Waals surface area contributed by atoms with E-state index in [9.17, 15) is 4.79 Å². The largest absolute Gasteiger partial charge is 0.289 e. The van der Waals surface area contributed by atoms with Crippen LogP contribution in [-0.2, 0) is 0 Å². The summed E-state index contributed by atoms with van der Waals surface area (Å²) in [4.78, 5) is 15.2. The molecule has 0 aliphatic rings. The van der Waals surface area contributed by atoms with Gasteiger partial charge in [-0.1, -0.05) is 6.08 Å². The third kappa shape index (κ3) is 1.78. The first-order valence-electron chi connectivity index (χ1n) is 3.83. The number of rotatable bonds is 2. The summed E-state index contributed by atoms with van der Waals surface area (Å²) in [6.45, 7) is 3.72. The monoisotopic (exact) mass is 161 g/mol. The van der Waals surface area contributed by atoms with E-state index in [4.69, 9.17) is 0 Å². The van der Waals surface area contributed by atoms with Crippen molar-refractivity contribution in [3.63, 3.8) is 0 Å². The Morgan fingerprint density at radius 1 is 1.58 bits per heavy atom. The molecule has 0 amide bonds. The molecule has 0 aromatic carbocycles. The summed E-state index contributed by atoms with van der Waals surface area (Å²) in [6, 6.07) is 1.83. The summed E-state index contributed by atoms with van der Waals surface area (Å²) >= 11 is 0. The lowest BCUT2D eigenvalue weighted by Crippen LogP contribution is -1.97. The van der Waals surface area contributed by atoms with Crippen molar-refractivity contribution in [1.29, 1.82) is 0 Å². The minimum Gasteiger partial charge on any atom is -0.289 e. The Labute approximate surface area is 71.9 Å². The average Bonchev–Trinajstić information content (AvgIpc) is 2.05. The van der Waals surface area contributed by atoms with E-state index in [1.165, 1.54) is 0 Å². The van der Waals surface area contributed by atoms with Gasteiger partial charge in [-0.15, -0.1) is 0 Å². The zero-order valence-electron chi connectivity index (χ0n) is 7.24. The zero-order chi connectivity index (χ0) is 8.97. The molecule has 0 fully saturated rings. The number of pyridine rings is 1. The molecular weight excluding hydrogens is 150 g/mol. The van der Waals surface area contributed by atoms with E-state index in [0.717, 1.165) is 5.56 Å². The van der Waals surface area contributed by atoms with Gasteiger partial charge in [-0.3, -0.25) is 9.78 Å². The van der Waals surface area contributed by atoms with Crippen LogP contribution in [0.15, 0.2) is 30.6 Å². The van der Waals surface area contributed by atoms with Crippen LogP contribution in [0.25, 0.3) is 0 Å². The molecule has 0 N–H and O–H groups in total. The molecule has 1 heterocycles. The number of aryl methyl sites for hydroxylation is 1. The van der Waals surface area contributed by atoms with Crippen LogP contribution in [0.1, 0.15) is 22.8 Å². The molecule has 1 aromatic rings. The second-order valence-electron chi connectivity index (χ2n) is 2.55. The minimum atomic E-state index is 0.0168. The SMILES string of the molecule is C/C=C/C(=O)c1cnccc1C. The molecule has 2 nitrogen and oxygen atoms in total. The highest BCUT2D eigenvalue weighted by Crippen LogP contribution is 2.06. The molecule has 0 spiro atoms. The highest BCUT2D eigenvalue weighted by atomic mass is 16.1. The number of aromatic nitrogens is 1. The van der Waals surface area contributed by atoms with E-state index >= 15 is 0 Å². The molecule has 0 unspecified atom stereocenters. The van der Waals surface area contributed by atoms with Gasteiger partial charge >= 0.3 is 0 Å². The normalized spacial score (nSPS) is 10.5. The molecule has 12 heavy (non-hydrogen) atoms. The predicted octanol–water partition coefficient (Wildman–Crippen LogP) is 2.15. The number of allylic oxidation sites excluding steroid dienone is 2. The second kappa shape index (κ2) is 3.81. The Hall–Kier alpha value is -1.44. The first kappa shape index (κ1) is 8.65. The van der Waals surface area contributed by atoms with Gasteiger partial charge in [0.05, 0.1) is 0 Å². The van der Waals surface area contributed by atoms with Crippen LogP contribution in [0.4, 0.5) is 0 Å². The molecule has 0 radical (unpaired) electrons. The van der Waals surface area contributed by atoms with Crippen molar-refractivity contribution < 1.29 is 4.79 Å². The Bertz CT molecular complexity index is 315. The standard InChI is InChI=1S/C10H11NO/c1-3-4-10(12)9-7-11-6-5-8(9)2/h3-7H,1-2H3/b4-3+. The summed E-state index contributed by atoms with van der Waals surface area (Å²) in [7, 11) is 0. The maximum atomic E-state index is 11.3. The Morgan fingerprint density at radius 2 is 2.33 bits per heavy atom. The van der Waals surface area contributed by atoms with E-state index in [1.807, 2.05) is 19.9 Å². The molecule has 62 valence electrons. The summed E-state index contributed by atoms with van der Waals surface area (Å²) in [5, 5.41) is 0. The van der Waals surface area contributed by atoms with E-state index < -0.39 is 0 Å². The van der Waals surface area contributed by atoms with E-state index in [-0.39, 0.29) is 5.78 Å².